The summed E-state index contributed by atoms with van der Waals surface area (Å²) in [6.07, 6.45) is 0. The second-order valence-corrected chi connectivity index (χ2v) is 8.73. The van der Waals surface area contributed by atoms with Crippen LogP contribution in [0.15, 0.2) is 75.6 Å². The fourth-order valence-corrected chi connectivity index (χ4v) is 4.19. The van der Waals surface area contributed by atoms with Gasteiger partial charge in [0, 0.05) is 48.3 Å². The number of anilines is 1. The fourth-order valence-electron chi connectivity index (χ4n) is 3.93. The lowest BCUT2D eigenvalue weighted by Crippen LogP contribution is -2.42. The highest BCUT2D eigenvalue weighted by molar-refractivity contribution is 9.10. The Hall–Kier alpha value is -2.71. The molecule has 0 unspecified atom stereocenters. The summed E-state index contributed by atoms with van der Waals surface area (Å²) in [6, 6.07) is 20.9. The standard InChI is InChI=1S/C25H23BrN4O2.ClH/c26-19-10-8-17(9-11-19)24(31)28-21-6-2-1-5-20(21)25-29-22-7-3-4-18(23(22)32-25)16-30-14-12-27-13-15-30;/h1-11,27H,12-16H2,(H,28,31);1H. The summed E-state index contributed by atoms with van der Waals surface area (Å²) in [5.41, 5.74) is 4.74. The van der Waals surface area contributed by atoms with E-state index in [4.69, 9.17) is 9.40 Å². The number of piperazine rings is 1. The molecule has 3 aromatic carbocycles. The first-order valence-corrected chi connectivity index (χ1v) is 11.4. The van der Waals surface area contributed by atoms with Crippen molar-refractivity contribution in [1.82, 2.24) is 15.2 Å². The van der Waals surface area contributed by atoms with Gasteiger partial charge in [-0.1, -0.05) is 40.2 Å². The first-order valence-electron chi connectivity index (χ1n) is 10.7. The Bertz CT molecular complexity index is 1250. The third-order valence-corrected chi connectivity index (χ3v) is 6.14. The number of nitrogens with one attached hydrogen (secondary N) is 2. The number of benzene rings is 3. The highest BCUT2D eigenvalue weighted by Crippen LogP contribution is 2.32. The predicted molar refractivity (Wildman–Crippen MR) is 137 cm³/mol. The maximum absolute atomic E-state index is 12.8. The summed E-state index contributed by atoms with van der Waals surface area (Å²) in [5.74, 6) is 0.319. The second kappa shape index (κ2) is 10.5. The van der Waals surface area contributed by atoms with Crippen LogP contribution in [0.25, 0.3) is 22.6 Å². The Morgan fingerprint density at radius 1 is 1.03 bits per heavy atom. The Kier molecular flexibility index (Phi) is 7.45. The van der Waals surface area contributed by atoms with E-state index in [0.717, 1.165) is 59.4 Å². The molecule has 1 saturated heterocycles. The molecule has 8 heteroatoms. The van der Waals surface area contributed by atoms with Gasteiger partial charge in [-0.15, -0.1) is 12.4 Å². The van der Waals surface area contributed by atoms with E-state index in [2.05, 4.69) is 37.5 Å². The number of nitrogens with zero attached hydrogens (tertiary/aromatic N) is 2. The van der Waals surface area contributed by atoms with Crippen molar-refractivity contribution in [1.29, 1.82) is 0 Å². The lowest BCUT2D eigenvalue weighted by atomic mass is 10.1. The SMILES string of the molecule is Cl.O=C(Nc1ccccc1-c1nc2cccc(CN3CCNCC3)c2o1)c1ccc(Br)cc1. The normalized spacial score (nSPS) is 14.1. The number of oxazole rings is 1. The van der Waals surface area contributed by atoms with E-state index in [1.165, 1.54) is 0 Å². The third kappa shape index (κ3) is 5.28. The van der Waals surface area contributed by atoms with Gasteiger partial charge < -0.3 is 15.1 Å². The number of aromatic nitrogens is 1. The third-order valence-electron chi connectivity index (χ3n) is 5.61. The van der Waals surface area contributed by atoms with E-state index >= 15 is 0 Å². The van der Waals surface area contributed by atoms with Crippen LogP contribution in [-0.2, 0) is 6.54 Å². The van der Waals surface area contributed by atoms with Gasteiger partial charge in [0.2, 0.25) is 5.89 Å². The molecule has 1 fully saturated rings. The van der Waals surface area contributed by atoms with Gasteiger partial charge >= 0.3 is 0 Å². The van der Waals surface area contributed by atoms with Crippen LogP contribution in [0, 0.1) is 0 Å². The average molecular weight is 528 g/mol. The van der Waals surface area contributed by atoms with Gasteiger partial charge in [0.1, 0.15) is 5.52 Å². The van der Waals surface area contributed by atoms with Crippen molar-refractivity contribution in [2.24, 2.45) is 0 Å². The minimum Gasteiger partial charge on any atom is -0.436 e. The van der Waals surface area contributed by atoms with Crippen molar-refractivity contribution in [3.8, 4) is 11.5 Å². The molecule has 1 amide bonds. The zero-order chi connectivity index (χ0) is 21.9. The molecule has 0 radical (unpaired) electrons. The van der Waals surface area contributed by atoms with Crippen molar-refractivity contribution in [3.63, 3.8) is 0 Å². The number of rotatable bonds is 5. The largest absolute Gasteiger partial charge is 0.436 e. The molecule has 2 N–H and O–H groups in total. The number of hydrogen-bond donors (Lipinski definition) is 2. The molecule has 0 aliphatic carbocycles. The lowest BCUT2D eigenvalue weighted by Gasteiger charge is -2.27. The van der Waals surface area contributed by atoms with E-state index in [1.54, 1.807) is 12.1 Å². The molecule has 1 aromatic heterocycles. The van der Waals surface area contributed by atoms with E-state index in [1.807, 2.05) is 48.5 Å². The number of amides is 1. The average Bonchev–Trinajstić information content (AvgIpc) is 3.26. The molecule has 0 saturated carbocycles. The Labute approximate surface area is 206 Å². The van der Waals surface area contributed by atoms with Gasteiger partial charge in [0.25, 0.3) is 5.91 Å². The predicted octanol–water partition coefficient (Wildman–Crippen LogP) is 5.34. The molecule has 4 aromatic rings. The monoisotopic (exact) mass is 526 g/mol. The quantitative estimate of drug-likeness (QED) is 0.367. The highest BCUT2D eigenvalue weighted by Gasteiger charge is 2.18. The first-order chi connectivity index (χ1) is 15.7. The Morgan fingerprint density at radius 2 is 1.79 bits per heavy atom. The second-order valence-electron chi connectivity index (χ2n) is 7.82. The molecular weight excluding hydrogens is 504 g/mol. The molecule has 33 heavy (non-hydrogen) atoms. The van der Waals surface area contributed by atoms with Gasteiger partial charge in [0.05, 0.1) is 11.3 Å². The zero-order valence-electron chi connectivity index (χ0n) is 17.9. The molecular formula is C25H24BrClN4O2. The van der Waals surface area contributed by atoms with Crippen LogP contribution in [0.2, 0.25) is 0 Å². The molecule has 2 heterocycles. The molecule has 1 aliphatic heterocycles. The van der Waals surface area contributed by atoms with Gasteiger partial charge in [-0.3, -0.25) is 9.69 Å². The number of fused-ring (bicyclic) bond motifs is 1. The summed E-state index contributed by atoms with van der Waals surface area (Å²) in [7, 11) is 0. The van der Waals surface area contributed by atoms with Crippen LogP contribution in [-0.4, -0.2) is 42.0 Å². The minimum atomic E-state index is -0.180. The van der Waals surface area contributed by atoms with Gasteiger partial charge in [-0.05, 0) is 42.5 Å². The van der Waals surface area contributed by atoms with Crippen LogP contribution in [0.5, 0.6) is 0 Å². The van der Waals surface area contributed by atoms with Crippen LogP contribution in [0.4, 0.5) is 5.69 Å². The van der Waals surface area contributed by atoms with Crippen molar-refractivity contribution < 1.29 is 9.21 Å². The van der Waals surface area contributed by atoms with Crippen molar-refractivity contribution in [3.05, 3.63) is 82.3 Å². The van der Waals surface area contributed by atoms with Crippen LogP contribution in [0.1, 0.15) is 15.9 Å². The van der Waals surface area contributed by atoms with Crippen molar-refractivity contribution in [2.75, 3.05) is 31.5 Å². The van der Waals surface area contributed by atoms with E-state index in [0.29, 0.717) is 17.1 Å². The van der Waals surface area contributed by atoms with Crippen molar-refractivity contribution in [2.45, 2.75) is 6.54 Å². The first kappa shape index (κ1) is 23.4. The molecule has 0 bridgehead atoms. The Morgan fingerprint density at radius 3 is 2.58 bits per heavy atom. The smallest absolute Gasteiger partial charge is 0.255 e. The summed E-state index contributed by atoms with van der Waals surface area (Å²) in [4.78, 5) is 19.9. The maximum atomic E-state index is 12.8. The van der Waals surface area contributed by atoms with Crippen LogP contribution >= 0.6 is 28.3 Å². The topological polar surface area (TPSA) is 70.4 Å². The number of halogens is 2. The van der Waals surface area contributed by atoms with Gasteiger partial charge in [0.15, 0.2) is 5.58 Å². The van der Waals surface area contributed by atoms with E-state index < -0.39 is 0 Å². The molecule has 0 spiro atoms. The van der Waals surface area contributed by atoms with Gasteiger partial charge in [-0.2, -0.15) is 0 Å². The molecule has 6 nitrogen and oxygen atoms in total. The van der Waals surface area contributed by atoms with Crippen LogP contribution in [0.3, 0.4) is 0 Å². The van der Waals surface area contributed by atoms with Crippen LogP contribution < -0.4 is 10.6 Å². The highest BCUT2D eigenvalue weighted by atomic mass is 79.9. The summed E-state index contributed by atoms with van der Waals surface area (Å²) >= 11 is 3.40. The van der Waals surface area contributed by atoms with Crippen molar-refractivity contribution >= 4 is 51.0 Å². The van der Waals surface area contributed by atoms with E-state index in [-0.39, 0.29) is 18.3 Å². The fraction of sp³-hybridized carbons (Fsp3) is 0.200. The van der Waals surface area contributed by atoms with Gasteiger partial charge in [-0.25, -0.2) is 4.98 Å². The Balaban J connectivity index is 0.00000259. The number of para-hydroxylation sites is 2. The summed E-state index contributed by atoms with van der Waals surface area (Å²) < 4.78 is 7.19. The zero-order valence-corrected chi connectivity index (χ0v) is 20.3. The molecule has 1 aliphatic rings. The maximum Gasteiger partial charge on any atom is 0.255 e. The minimum absolute atomic E-state index is 0. The summed E-state index contributed by atoms with van der Waals surface area (Å²) in [5, 5.41) is 6.39. The number of carbonyl (C=O) groups is 1. The molecule has 0 atom stereocenters. The molecule has 170 valence electrons. The number of hydrogen-bond acceptors (Lipinski definition) is 5. The summed E-state index contributed by atoms with van der Waals surface area (Å²) in [6.45, 7) is 4.87. The lowest BCUT2D eigenvalue weighted by molar-refractivity contribution is 0.102. The number of carbonyl (C=O) groups excluding carboxylic acids is 1. The van der Waals surface area contributed by atoms with E-state index in [9.17, 15) is 4.79 Å². The molecule has 5 rings (SSSR count).